The normalized spacial score (nSPS) is 36.1. The number of carbonyl (C=O) groups is 1. The van der Waals surface area contributed by atoms with Gasteiger partial charge in [-0.05, 0) is 60.3 Å². The van der Waals surface area contributed by atoms with Gasteiger partial charge in [-0.2, -0.15) is 0 Å². The molecule has 4 aliphatic rings. The lowest BCUT2D eigenvalue weighted by Gasteiger charge is -2.53. The molecule has 1 aliphatic heterocycles. The highest BCUT2D eigenvalue weighted by Crippen LogP contribution is 2.64. The SMILES string of the molecule is CC1=C[C@H]2C3=CC=C(c4cccnc4)[C@@]3(C)CC[C@@H]2[C@@]2(C)CCN(C)C(=O)C=C12. The van der Waals surface area contributed by atoms with E-state index in [1.54, 1.807) is 5.57 Å². The van der Waals surface area contributed by atoms with E-state index in [0.717, 1.165) is 19.4 Å². The molecule has 4 atom stereocenters. The highest BCUT2D eigenvalue weighted by molar-refractivity contribution is 5.89. The lowest BCUT2D eigenvalue weighted by molar-refractivity contribution is -0.124. The number of carbonyl (C=O) groups excluding carboxylic acids is 1. The fourth-order valence-corrected chi connectivity index (χ4v) is 6.50. The third-order valence-electron chi connectivity index (χ3n) is 8.28. The number of nitrogens with zero attached hydrogens (tertiary/aromatic N) is 2. The van der Waals surface area contributed by atoms with E-state index in [-0.39, 0.29) is 16.7 Å². The molecule has 3 nitrogen and oxygen atoms in total. The molecule has 2 heterocycles. The van der Waals surface area contributed by atoms with Crippen LogP contribution in [0.25, 0.3) is 5.57 Å². The number of rotatable bonds is 1. The number of likely N-dealkylation sites (N-methyl/N-ethyl adjacent to an activating group) is 1. The van der Waals surface area contributed by atoms with E-state index in [0.29, 0.717) is 11.8 Å². The van der Waals surface area contributed by atoms with Crippen LogP contribution in [0.2, 0.25) is 0 Å². The zero-order chi connectivity index (χ0) is 20.4. The molecule has 5 rings (SSSR count). The van der Waals surface area contributed by atoms with Crippen LogP contribution < -0.4 is 0 Å². The molecule has 0 spiro atoms. The van der Waals surface area contributed by atoms with Gasteiger partial charge >= 0.3 is 0 Å². The van der Waals surface area contributed by atoms with Gasteiger partial charge in [-0.3, -0.25) is 9.78 Å². The minimum Gasteiger partial charge on any atom is -0.342 e. The molecule has 1 saturated carbocycles. The van der Waals surface area contributed by atoms with E-state index in [1.165, 1.54) is 28.7 Å². The van der Waals surface area contributed by atoms with Gasteiger partial charge in [-0.25, -0.2) is 0 Å². The summed E-state index contributed by atoms with van der Waals surface area (Å²) in [6, 6.07) is 4.22. The van der Waals surface area contributed by atoms with Crippen molar-refractivity contribution in [3.63, 3.8) is 0 Å². The Morgan fingerprint density at radius 3 is 2.76 bits per heavy atom. The van der Waals surface area contributed by atoms with Gasteiger partial charge in [0.05, 0.1) is 0 Å². The first-order valence-corrected chi connectivity index (χ1v) is 10.8. The second kappa shape index (κ2) is 6.29. The van der Waals surface area contributed by atoms with Gasteiger partial charge in [-0.1, -0.05) is 49.3 Å². The van der Waals surface area contributed by atoms with Gasteiger partial charge < -0.3 is 4.90 Å². The quantitative estimate of drug-likeness (QED) is 0.665. The number of allylic oxidation sites excluding steroid dienone is 7. The number of amides is 1. The molecule has 1 aromatic heterocycles. The second-order valence-corrected chi connectivity index (χ2v) is 9.78. The largest absolute Gasteiger partial charge is 0.342 e. The van der Waals surface area contributed by atoms with Gasteiger partial charge in [0.15, 0.2) is 0 Å². The highest BCUT2D eigenvalue weighted by atomic mass is 16.2. The van der Waals surface area contributed by atoms with Gasteiger partial charge in [0, 0.05) is 43.4 Å². The second-order valence-electron chi connectivity index (χ2n) is 9.78. The summed E-state index contributed by atoms with van der Waals surface area (Å²) in [5, 5.41) is 0. The van der Waals surface area contributed by atoms with Gasteiger partial charge in [0.1, 0.15) is 0 Å². The molecule has 0 bridgehead atoms. The lowest BCUT2D eigenvalue weighted by Crippen LogP contribution is -2.45. The summed E-state index contributed by atoms with van der Waals surface area (Å²) < 4.78 is 0. The van der Waals surface area contributed by atoms with Crippen LogP contribution in [0.5, 0.6) is 0 Å². The average molecular weight is 387 g/mol. The summed E-state index contributed by atoms with van der Waals surface area (Å²) in [4.78, 5) is 18.8. The summed E-state index contributed by atoms with van der Waals surface area (Å²) >= 11 is 0. The Morgan fingerprint density at radius 1 is 1.17 bits per heavy atom. The molecule has 29 heavy (non-hydrogen) atoms. The van der Waals surface area contributed by atoms with E-state index >= 15 is 0 Å². The van der Waals surface area contributed by atoms with Crippen LogP contribution in [0, 0.1) is 22.7 Å². The van der Waals surface area contributed by atoms with Crippen molar-refractivity contribution >= 4 is 11.5 Å². The summed E-state index contributed by atoms with van der Waals surface area (Å²) in [5.74, 6) is 1.15. The Bertz CT molecular complexity index is 999. The van der Waals surface area contributed by atoms with Crippen LogP contribution in [0.15, 0.2) is 65.5 Å². The Kier molecular flexibility index (Phi) is 4.03. The maximum atomic E-state index is 12.5. The minimum atomic E-state index is 0.0587. The molecule has 0 radical (unpaired) electrons. The van der Waals surface area contributed by atoms with Crippen molar-refractivity contribution in [2.24, 2.45) is 22.7 Å². The van der Waals surface area contributed by atoms with E-state index in [2.05, 4.69) is 50.0 Å². The minimum absolute atomic E-state index is 0.0587. The van der Waals surface area contributed by atoms with E-state index in [9.17, 15) is 4.79 Å². The monoisotopic (exact) mass is 386 g/mol. The average Bonchev–Trinajstić information content (AvgIpc) is 3.01. The lowest BCUT2D eigenvalue weighted by atomic mass is 9.50. The molecular formula is C26H30N2O. The third-order valence-corrected chi connectivity index (χ3v) is 8.28. The highest BCUT2D eigenvalue weighted by Gasteiger charge is 2.54. The zero-order valence-electron chi connectivity index (χ0n) is 17.9. The Balaban J connectivity index is 1.56. The number of hydrogen-bond acceptors (Lipinski definition) is 2. The maximum Gasteiger partial charge on any atom is 0.246 e. The van der Waals surface area contributed by atoms with E-state index in [4.69, 9.17) is 0 Å². The maximum absolute atomic E-state index is 12.5. The molecule has 3 heteroatoms. The number of hydrogen-bond donors (Lipinski definition) is 0. The van der Waals surface area contributed by atoms with Crippen LogP contribution in [0.1, 0.15) is 45.6 Å². The zero-order valence-corrected chi connectivity index (χ0v) is 17.9. The van der Waals surface area contributed by atoms with E-state index < -0.39 is 0 Å². The molecule has 150 valence electrons. The Morgan fingerprint density at radius 2 is 2.00 bits per heavy atom. The summed E-state index contributed by atoms with van der Waals surface area (Å²) in [5.41, 5.74) is 6.90. The number of fused-ring (bicyclic) bond motifs is 5. The van der Waals surface area contributed by atoms with Crippen LogP contribution in [0.4, 0.5) is 0 Å². The first kappa shape index (κ1) is 18.6. The van der Waals surface area contributed by atoms with Crippen LogP contribution in [-0.4, -0.2) is 29.4 Å². The van der Waals surface area contributed by atoms with Crippen molar-refractivity contribution < 1.29 is 4.79 Å². The first-order valence-electron chi connectivity index (χ1n) is 10.8. The molecule has 1 amide bonds. The fraction of sp³-hybridized carbons (Fsp3) is 0.462. The molecule has 1 fully saturated rings. The van der Waals surface area contributed by atoms with Gasteiger partial charge in [0.25, 0.3) is 0 Å². The fourth-order valence-electron chi connectivity index (χ4n) is 6.50. The molecule has 0 unspecified atom stereocenters. The molecule has 0 saturated heterocycles. The van der Waals surface area contributed by atoms with Crippen molar-refractivity contribution in [3.8, 4) is 0 Å². The van der Waals surface area contributed by atoms with Crippen molar-refractivity contribution in [1.82, 2.24) is 9.88 Å². The predicted octanol–water partition coefficient (Wildman–Crippen LogP) is 5.19. The summed E-state index contributed by atoms with van der Waals surface area (Å²) in [7, 11) is 1.93. The third kappa shape index (κ3) is 2.56. The van der Waals surface area contributed by atoms with Crippen molar-refractivity contribution in [1.29, 1.82) is 0 Å². The smallest absolute Gasteiger partial charge is 0.246 e. The summed E-state index contributed by atoms with van der Waals surface area (Å²) in [6.45, 7) is 7.87. The summed E-state index contributed by atoms with van der Waals surface area (Å²) in [6.07, 6.45) is 16.3. The predicted molar refractivity (Wildman–Crippen MR) is 117 cm³/mol. The van der Waals surface area contributed by atoms with Gasteiger partial charge in [-0.15, -0.1) is 0 Å². The molecular weight excluding hydrogens is 356 g/mol. The topological polar surface area (TPSA) is 33.2 Å². The first-order chi connectivity index (χ1) is 13.8. The van der Waals surface area contributed by atoms with Crippen molar-refractivity contribution in [2.45, 2.75) is 40.0 Å². The molecule has 0 N–H and O–H groups in total. The van der Waals surface area contributed by atoms with Crippen molar-refractivity contribution in [3.05, 3.63) is 71.1 Å². The Labute approximate surface area is 173 Å². The standard InChI is InChI=1S/C26H30N2O/c1-17-14-19-21-8-7-20(18-6-5-12-27-16-18)25(21,2)10-9-22(19)26(3)11-13-28(4)24(29)15-23(17)26/h5-8,12,14-16,19,22H,9-11,13H2,1-4H3/t19-,22-,25+,26+/m0/s1. The molecule has 3 aliphatic carbocycles. The van der Waals surface area contributed by atoms with E-state index in [1.807, 2.05) is 36.5 Å². The van der Waals surface area contributed by atoms with Crippen LogP contribution in [0.3, 0.4) is 0 Å². The Hall–Kier alpha value is -2.42. The van der Waals surface area contributed by atoms with Crippen LogP contribution >= 0.6 is 0 Å². The number of aromatic nitrogens is 1. The molecule has 0 aromatic carbocycles. The van der Waals surface area contributed by atoms with Gasteiger partial charge in [0.2, 0.25) is 5.91 Å². The number of pyridine rings is 1. The van der Waals surface area contributed by atoms with Crippen LogP contribution in [-0.2, 0) is 4.79 Å². The van der Waals surface area contributed by atoms with Crippen molar-refractivity contribution in [2.75, 3.05) is 13.6 Å². The molecule has 1 aromatic rings.